The van der Waals surface area contributed by atoms with Gasteiger partial charge in [-0.2, -0.15) is 0 Å². The molecular formula is C18H18F3N3O. The summed E-state index contributed by atoms with van der Waals surface area (Å²) < 4.78 is 42.6. The van der Waals surface area contributed by atoms with Crippen molar-refractivity contribution in [1.29, 1.82) is 0 Å². The molecule has 2 fully saturated rings. The molecule has 3 atom stereocenters. The number of nitrogens with zero attached hydrogens (tertiary/aromatic N) is 1. The van der Waals surface area contributed by atoms with Crippen molar-refractivity contribution in [1.82, 2.24) is 15.2 Å². The molecule has 2 aliphatic rings. The van der Waals surface area contributed by atoms with E-state index in [1.807, 2.05) is 0 Å². The molecule has 0 aliphatic carbocycles. The summed E-state index contributed by atoms with van der Waals surface area (Å²) in [5.41, 5.74) is 0.150. The van der Waals surface area contributed by atoms with Crippen molar-refractivity contribution in [3.63, 3.8) is 0 Å². The van der Waals surface area contributed by atoms with Crippen molar-refractivity contribution < 1.29 is 18.0 Å². The summed E-state index contributed by atoms with van der Waals surface area (Å²) in [7, 11) is 1.56. The second kappa shape index (κ2) is 5.91. The van der Waals surface area contributed by atoms with Gasteiger partial charge in [-0.15, -0.1) is 0 Å². The quantitative estimate of drug-likeness (QED) is 0.895. The number of carbonyl (C=O) groups is 1. The minimum absolute atomic E-state index is 0.0730. The number of hydrogen-bond donors (Lipinski definition) is 2. The molecule has 0 saturated carbocycles. The van der Waals surface area contributed by atoms with Crippen LogP contribution in [0.15, 0.2) is 24.3 Å². The lowest BCUT2D eigenvalue weighted by Gasteiger charge is -2.21. The van der Waals surface area contributed by atoms with Crippen LogP contribution in [0.5, 0.6) is 0 Å². The van der Waals surface area contributed by atoms with Crippen molar-refractivity contribution in [3.05, 3.63) is 47.4 Å². The minimum atomic E-state index is -0.997. The molecule has 7 heteroatoms. The number of halogens is 3. The number of hydrogen-bond acceptors (Lipinski definition) is 2. The van der Waals surface area contributed by atoms with Gasteiger partial charge in [-0.3, -0.25) is 4.79 Å². The summed E-state index contributed by atoms with van der Waals surface area (Å²) in [6, 6.07) is 5.07. The second-order valence-corrected chi connectivity index (χ2v) is 6.77. The summed E-state index contributed by atoms with van der Waals surface area (Å²) in [4.78, 5) is 12.6. The van der Waals surface area contributed by atoms with E-state index in [-0.39, 0.29) is 23.2 Å². The Morgan fingerprint density at radius 1 is 1.20 bits per heavy atom. The molecule has 2 aromatic rings. The monoisotopic (exact) mass is 349 g/mol. The van der Waals surface area contributed by atoms with Crippen LogP contribution in [0.4, 0.5) is 13.2 Å². The van der Waals surface area contributed by atoms with Gasteiger partial charge in [-0.05, 0) is 31.4 Å². The summed E-state index contributed by atoms with van der Waals surface area (Å²) in [6.07, 6.45) is 3.07. The zero-order valence-corrected chi connectivity index (χ0v) is 13.7. The van der Waals surface area contributed by atoms with E-state index in [4.69, 9.17) is 0 Å². The molecule has 2 bridgehead atoms. The Balaban J connectivity index is 1.60. The van der Waals surface area contributed by atoms with Crippen LogP contribution in [0.3, 0.4) is 0 Å². The molecule has 132 valence electrons. The smallest absolute Gasteiger partial charge is 0.268 e. The van der Waals surface area contributed by atoms with E-state index < -0.39 is 17.5 Å². The van der Waals surface area contributed by atoms with Crippen molar-refractivity contribution in [2.45, 2.75) is 37.4 Å². The summed E-state index contributed by atoms with van der Waals surface area (Å²) in [5.74, 6) is -3.25. The van der Waals surface area contributed by atoms with Crippen LogP contribution in [0, 0.1) is 17.5 Å². The van der Waals surface area contributed by atoms with E-state index in [1.54, 1.807) is 7.05 Å². The molecule has 0 radical (unpaired) electrons. The maximum Gasteiger partial charge on any atom is 0.268 e. The predicted molar refractivity (Wildman–Crippen MR) is 86.5 cm³/mol. The first kappa shape index (κ1) is 16.2. The van der Waals surface area contributed by atoms with E-state index in [9.17, 15) is 18.0 Å². The molecule has 4 rings (SSSR count). The average Bonchev–Trinajstić information content (AvgIpc) is 3.23. The van der Waals surface area contributed by atoms with Crippen LogP contribution in [0.2, 0.25) is 0 Å². The average molecular weight is 349 g/mol. The molecule has 1 aromatic carbocycles. The summed E-state index contributed by atoms with van der Waals surface area (Å²) >= 11 is 0. The van der Waals surface area contributed by atoms with Crippen molar-refractivity contribution in [2.75, 3.05) is 0 Å². The highest BCUT2D eigenvalue weighted by Gasteiger charge is 2.40. The number of aromatic nitrogens is 1. The van der Waals surface area contributed by atoms with Crippen molar-refractivity contribution in [2.24, 2.45) is 7.05 Å². The summed E-state index contributed by atoms with van der Waals surface area (Å²) in [5, 5.41) is 6.45. The largest absolute Gasteiger partial charge is 0.346 e. The molecule has 0 unspecified atom stereocenters. The third kappa shape index (κ3) is 2.72. The maximum absolute atomic E-state index is 14.0. The van der Waals surface area contributed by atoms with Gasteiger partial charge in [-0.1, -0.05) is 0 Å². The summed E-state index contributed by atoms with van der Waals surface area (Å²) in [6.45, 7) is 0. The van der Waals surface area contributed by atoms with Crippen LogP contribution in [-0.2, 0) is 7.05 Å². The van der Waals surface area contributed by atoms with Gasteiger partial charge in [0, 0.05) is 37.3 Å². The van der Waals surface area contributed by atoms with Crippen LogP contribution in [0.25, 0.3) is 11.3 Å². The van der Waals surface area contributed by atoms with Crippen molar-refractivity contribution >= 4 is 5.91 Å². The number of benzene rings is 1. The molecule has 2 aliphatic heterocycles. The van der Waals surface area contributed by atoms with Gasteiger partial charge >= 0.3 is 0 Å². The third-order valence-electron chi connectivity index (χ3n) is 5.23. The lowest BCUT2D eigenvalue weighted by molar-refractivity contribution is 0.0923. The first-order valence-corrected chi connectivity index (χ1v) is 8.31. The number of fused-ring (bicyclic) bond motifs is 2. The fourth-order valence-electron chi connectivity index (χ4n) is 4.00. The lowest BCUT2D eigenvalue weighted by Crippen LogP contribution is -2.43. The molecule has 3 heterocycles. The Labute approximate surface area is 143 Å². The molecule has 1 amide bonds. The molecule has 2 N–H and O–H groups in total. The van der Waals surface area contributed by atoms with Gasteiger partial charge in [0.1, 0.15) is 23.1 Å². The lowest BCUT2D eigenvalue weighted by atomic mass is 9.95. The third-order valence-corrected chi connectivity index (χ3v) is 5.23. The highest BCUT2D eigenvalue weighted by molar-refractivity contribution is 5.94. The molecular weight excluding hydrogens is 331 g/mol. The second-order valence-electron chi connectivity index (χ2n) is 6.77. The fourth-order valence-corrected chi connectivity index (χ4v) is 4.00. The van der Waals surface area contributed by atoms with Crippen molar-refractivity contribution in [3.8, 4) is 11.3 Å². The highest BCUT2D eigenvalue weighted by Crippen LogP contribution is 2.30. The van der Waals surface area contributed by atoms with E-state index in [0.29, 0.717) is 29.9 Å². The molecule has 4 nitrogen and oxygen atoms in total. The van der Waals surface area contributed by atoms with Crippen LogP contribution >= 0.6 is 0 Å². The van der Waals surface area contributed by atoms with Gasteiger partial charge in [0.25, 0.3) is 5.91 Å². The van der Waals surface area contributed by atoms with Gasteiger partial charge in [0.2, 0.25) is 0 Å². The Bertz CT molecular complexity index is 825. The Morgan fingerprint density at radius 3 is 2.52 bits per heavy atom. The Kier molecular flexibility index (Phi) is 3.83. The van der Waals surface area contributed by atoms with E-state index >= 15 is 0 Å². The minimum Gasteiger partial charge on any atom is -0.346 e. The maximum atomic E-state index is 14.0. The molecule has 25 heavy (non-hydrogen) atoms. The zero-order valence-electron chi connectivity index (χ0n) is 13.7. The first-order chi connectivity index (χ1) is 11.9. The first-order valence-electron chi connectivity index (χ1n) is 8.31. The Morgan fingerprint density at radius 2 is 1.92 bits per heavy atom. The number of amides is 1. The predicted octanol–water partition coefficient (Wildman–Crippen LogP) is 2.73. The van der Waals surface area contributed by atoms with Gasteiger partial charge < -0.3 is 15.2 Å². The fraction of sp³-hybridized carbons (Fsp3) is 0.389. The van der Waals surface area contributed by atoms with Crippen LogP contribution in [0.1, 0.15) is 29.8 Å². The van der Waals surface area contributed by atoms with Gasteiger partial charge in [-0.25, -0.2) is 13.2 Å². The SMILES string of the molecule is Cn1c(C(=O)N[C@@H]2C[C@H]3CC[C@@H]2N3)ccc1-c1c(F)cc(F)cc1F. The topological polar surface area (TPSA) is 46.1 Å². The van der Waals surface area contributed by atoms with E-state index in [1.165, 1.54) is 16.7 Å². The standard InChI is InChI=1S/C18H18F3N3O/c1-24-15(17-11(20)6-9(19)7-12(17)21)4-5-16(24)18(25)23-14-8-10-2-3-13(14)22-10/h4-7,10,13-14,22H,2-3,8H2,1H3,(H,23,25)/t10-,13+,14-/m1/s1. The normalized spacial score (nSPS) is 24.7. The molecule has 2 saturated heterocycles. The number of carbonyl (C=O) groups excluding carboxylic acids is 1. The number of nitrogens with one attached hydrogen (secondary N) is 2. The van der Waals surface area contributed by atoms with Gasteiger partial charge in [0.05, 0.1) is 11.3 Å². The van der Waals surface area contributed by atoms with E-state index in [0.717, 1.165) is 19.3 Å². The zero-order chi connectivity index (χ0) is 17.7. The van der Waals surface area contributed by atoms with Crippen LogP contribution < -0.4 is 10.6 Å². The molecule has 0 spiro atoms. The molecule has 1 aromatic heterocycles. The Hall–Kier alpha value is -2.28. The van der Waals surface area contributed by atoms with Crippen LogP contribution in [-0.4, -0.2) is 28.6 Å². The highest BCUT2D eigenvalue weighted by atomic mass is 19.1. The van der Waals surface area contributed by atoms with Gasteiger partial charge in [0.15, 0.2) is 0 Å². The van der Waals surface area contributed by atoms with E-state index in [2.05, 4.69) is 10.6 Å². The number of rotatable bonds is 3.